The van der Waals surface area contributed by atoms with Gasteiger partial charge in [0.2, 0.25) is 0 Å². The predicted molar refractivity (Wildman–Crippen MR) is 49.6 cm³/mol. The minimum atomic E-state index is 1.07. The Morgan fingerprint density at radius 1 is 1.45 bits per heavy atom. The van der Waals surface area contributed by atoms with Crippen LogP contribution in [0, 0.1) is 13.0 Å². The number of hydrogen-bond acceptors (Lipinski definition) is 0. The van der Waals surface area contributed by atoms with E-state index in [4.69, 9.17) is 0 Å². The zero-order valence-electron chi connectivity index (χ0n) is 6.11. The standard InChI is InChI=1S/C9H7BrN/c1-6-4-7-5-8(10)2-3-9(7)11-6/h2,4-5,11H,1H3. The van der Waals surface area contributed by atoms with E-state index in [0.717, 1.165) is 9.99 Å². The van der Waals surface area contributed by atoms with Crippen molar-refractivity contribution in [3.8, 4) is 0 Å². The third kappa shape index (κ3) is 1.18. The van der Waals surface area contributed by atoms with E-state index in [1.54, 1.807) is 0 Å². The Balaban J connectivity index is 2.82. The number of H-pyrrole nitrogens is 1. The molecule has 0 aliphatic heterocycles. The molecule has 2 heteroatoms. The lowest BCUT2D eigenvalue weighted by atomic mass is 10.2. The van der Waals surface area contributed by atoms with Crippen molar-refractivity contribution >= 4 is 26.8 Å². The third-order valence-corrected chi connectivity index (χ3v) is 2.09. The third-order valence-electron chi connectivity index (χ3n) is 1.63. The molecule has 0 fully saturated rings. The van der Waals surface area contributed by atoms with E-state index < -0.39 is 0 Å². The van der Waals surface area contributed by atoms with Crippen molar-refractivity contribution in [2.24, 2.45) is 0 Å². The van der Waals surface area contributed by atoms with Crippen molar-refractivity contribution in [1.82, 2.24) is 4.98 Å². The molecular weight excluding hydrogens is 202 g/mol. The van der Waals surface area contributed by atoms with E-state index in [-0.39, 0.29) is 0 Å². The highest BCUT2D eigenvalue weighted by atomic mass is 79.9. The summed E-state index contributed by atoms with van der Waals surface area (Å²) in [5.74, 6) is 0. The Bertz CT molecular complexity index is 389. The average Bonchev–Trinajstić information content (AvgIpc) is 2.27. The molecule has 0 aliphatic carbocycles. The normalized spacial score (nSPS) is 10.7. The molecule has 0 aliphatic rings. The van der Waals surface area contributed by atoms with Gasteiger partial charge in [-0.05, 0) is 25.1 Å². The number of benzene rings is 1. The molecule has 0 saturated carbocycles. The van der Waals surface area contributed by atoms with Crippen molar-refractivity contribution < 1.29 is 0 Å². The van der Waals surface area contributed by atoms with Gasteiger partial charge in [-0.15, -0.1) is 0 Å². The minimum absolute atomic E-state index is 1.07. The second-order valence-corrected chi connectivity index (χ2v) is 3.52. The molecule has 2 rings (SSSR count). The van der Waals surface area contributed by atoms with E-state index in [9.17, 15) is 0 Å². The Morgan fingerprint density at radius 2 is 2.27 bits per heavy atom. The van der Waals surface area contributed by atoms with E-state index >= 15 is 0 Å². The molecule has 0 atom stereocenters. The molecular formula is C9H7BrN. The molecule has 2 aromatic rings. The molecule has 1 aromatic carbocycles. The van der Waals surface area contributed by atoms with E-state index in [1.807, 2.05) is 13.0 Å². The van der Waals surface area contributed by atoms with Crippen LogP contribution < -0.4 is 0 Å². The van der Waals surface area contributed by atoms with E-state index in [0.29, 0.717) is 0 Å². The molecule has 1 N–H and O–H groups in total. The first-order valence-corrected chi connectivity index (χ1v) is 4.21. The highest BCUT2D eigenvalue weighted by molar-refractivity contribution is 9.10. The molecule has 1 heterocycles. The summed E-state index contributed by atoms with van der Waals surface area (Å²) in [5, 5.41) is 1.21. The number of halogens is 1. The fourth-order valence-corrected chi connectivity index (χ4v) is 1.54. The van der Waals surface area contributed by atoms with Gasteiger partial charge in [-0.1, -0.05) is 15.9 Å². The molecule has 0 bridgehead atoms. The van der Waals surface area contributed by atoms with Crippen LogP contribution in [-0.4, -0.2) is 4.98 Å². The summed E-state index contributed by atoms with van der Waals surface area (Å²) < 4.78 is 1.07. The Morgan fingerprint density at radius 3 is 3.09 bits per heavy atom. The van der Waals surface area contributed by atoms with Crippen LogP contribution in [-0.2, 0) is 0 Å². The number of aromatic nitrogens is 1. The van der Waals surface area contributed by atoms with Crippen molar-refractivity contribution in [3.05, 3.63) is 34.4 Å². The van der Waals surface area contributed by atoms with Gasteiger partial charge in [0.1, 0.15) is 0 Å². The lowest BCUT2D eigenvalue weighted by molar-refractivity contribution is 1.30. The van der Waals surface area contributed by atoms with Gasteiger partial charge < -0.3 is 4.98 Å². The topological polar surface area (TPSA) is 15.8 Å². The Labute approximate surface area is 73.6 Å². The number of nitrogens with one attached hydrogen (secondary N) is 1. The summed E-state index contributed by atoms with van der Waals surface area (Å²) >= 11 is 3.40. The zero-order chi connectivity index (χ0) is 7.84. The van der Waals surface area contributed by atoms with Crippen LogP contribution in [0.2, 0.25) is 0 Å². The van der Waals surface area contributed by atoms with Crippen LogP contribution in [0.1, 0.15) is 5.69 Å². The van der Waals surface area contributed by atoms with Crippen LogP contribution in [0.4, 0.5) is 0 Å². The minimum Gasteiger partial charge on any atom is -0.358 e. The molecule has 0 unspecified atom stereocenters. The van der Waals surface area contributed by atoms with Crippen molar-refractivity contribution in [2.75, 3.05) is 0 Å². The smallest absolute Gasteiger partial charge is 0.0537 e. The van der Waals surface area contributed by atoms with Crippen LogP contribution >= 0.6 is 15.9 Å². The van der Waals surface area contributed by atoms with Crippen molar-refractivity contribution in [3.63, 3.8) is 0 Å². The molecule has 0 spiro atoms. The number of rotatable bonds is 0. The Hall–Kier alpha value is -0.760. The maximum Gasteiger partial charge on any atom is 0.0537 e. The quantitative estimate of drug-likeness (QED) is 0.686. The van der Waals surface area contributed by atoms with Crippen LogP contribution in [0.15, 0.2) is 22.7 Å². The molecule has 11 heavy (non-hydrogen) atoms. The Kier molecular flexibility index (Phi) is 1.50. The highest BCUT2D eigenvalue weighted by Gasteiger charge is 1.96. The van der Waals surface area contributed by atoms with E-state index in [1.165, 1.54) is 11.1 Å². The summed E-state index contributed by atoms with van der Waals surface area (Å²) in [6.45, 7) is 2.04. The van der Waals surface area contributed by atoms with Crippen LogP contribution in [0.3, 0.4) is 0 Å². The summed E-state index contributed by atoms with van der Waals surface area (Å²) in [4.78, 5) is 3.21. The second kappa shape index (κ2) is 2.38. The summed E-state index contributed by atoms with van der Waals surface area (Å²) in [7, 11) is 0. The first kappa shape index (κ1) is 6.92. The molecule has 1 radical (unpaired) electrons. The molecule has 55 valence electrons. The van der Waals surface area contributed by atoms with Gasteiger partial charge in [0.05, 0.1) is 5.52 Å². The van der Waals surface area contributed by atoms with Crippen LogP contribution in [0.25, 0.3) is 10.9 Å². The first-order valence-electron chi connectivity index (χ1n) is 3.42. The fourth-order valence-electron chi connectivity index (χ4n) is 1.18. The average molecular weight is 209 g/mol. The molecule has 0 saturated heterocycles. The number of hydrogen-bond donors (Lipinski definition) is 1. The lowest BCUT2D eigenvalue weighted by Gasteiger charge is -1.88. The second-order valence-electron chi connectivity index (χ2n) is 2.60. The summed E-state index contributed by atoms with van der Waals surface area (Å²) in [6, 6.07) is 9.24. The predicted octanol–water partition coefficient (Wildman–Crippen LogP) is 3.04. The number of aromatic amines is 1. The van der Waals surface area contributed by atoms with Gasteiger partial charge in [0, 0.05) is 21.6 Å². The van der Waals surface area contributed by atoms with Gasteiger partial charge in [0.25, 0.3) is 0 Å². The van der Waals surface area contributed by atoms with Crippen molar-refractivity contribution in [2.45, 2.75) is 6.92 Å². The van der Waals surface area contributed by atoms with Gasteiger partial charge >= 0.3 is 0 Å². The van der Waals surface area contributed by atoms with Gasteiger partial charge in [-0.2, -0.15) is 0 Å². The molecule has 1 aromatic heterocycles. The monoisotopic (exact) mass is 208 g/mol. The summed E-state index contributed by atoms with van der Waals surface area (Å²) in [5.41, 5.74) is 2.25. The molecule has 1 nitrogen and oxygen atoms in total. The van der Waals surface area contributed by atoms with Gasteiger partial charge in [-0.3, -0.25) is 0 Å². The number of fused-ring (bicyclic) bond motifs is 1. The maximum atomic E-state index is 3.40. The van der Waals surface area contributed by atoms with Crippen LogP contribution in [0.5, 0.6) is 0 Å². The van der Waals surface area contributed by atoms with Gasteiger partial charge in [-0.25, -0.2) is 0 Å². The summed E-state index contributed by atoms with van der Waals surface area (Å²) in [6.07, 6.45) is 0. The lowest BCUT2D eigenvalue weighted by Crippen LogP contribution is -1.68. The van der Waals surface area contributed by atoms with Crippen molar-refractivity contribution in [1.29, 1.82) is 0 Å². The molecule has 0 amide bonds. The SMILES string of the molecule is Cc1cc2cc(Br)c[c]c2[nH]1. The first-order chi connectivity index (χ1) is 5.25. The van der Waals surface area contributed by atoms with E-state index in [2.05, 4.69) is 39.1 Å². The highest BCUT2D eigenvalue weighted by Crippen LogP contribution is 2.19. The number of aryl methyl sites for hydroxylation is 1. The maximum absolute atomic E-state index is 3.40. The zero-order valence-corrected chi connectivity index (χ0v) is 7.70. The fraction of sp³-hybridized carbons (Fsp3) is 0.111. The largest absolute Gasteiger partial charge is 0.358 e. The van der Waals surface area contributed by atoms with Gasteiger partial charge in [0.15, 0.2) is 0 Å².